The summed E-state index contributed by atoms with van der Waals surface area (Å²) < 4.78 is 0. The van der Waals surface area contributed by atoms with Crippen LogP contribution in [-0.2, 0) is 0 Å². The lowest BCUT2D eigenvalue weighted by Crippen LogP contribution is -2.03. The summed E-state index contributed by atoms with van der Waals surface area (Å²) in [5, 5.41) is 0. The van der Waals surface area contributed by atoms with Gasteiger partial charge in [-0.3, -0.25) is 0 Å². The van der Waals surface area contributed by atoms with Crippen molar-refractivity contribution in [2.75, 3.05) is 0 Å². The largest absolute Gasteiger partial charge is 0.100 e. The van der Waals surface area contributed by atoms with Crippen LogP contribution in [0.15, 0.2) is 12.2 Å². The van der Waals surface area contributed by atoms with Gasteiger partial charge in [-0.15, -0.1) is 6.58 Å². The molecule has 0 aliphatic carbocycles. The normalized spacial score (nSPS) is 11.7. The van der Waals surface area contributed by atoms with Crippen molar-refractivity contribution in [1.82, 2.24) is 0 Å². The molecule has 0 atom stereocenters. The highest BCUT2D eigenvalue weighted by molar-refractivity contribution is 4.87. The Labute approximate surface area is 78.1 Å². The summed E-state index contributed by atoms with van der Waals surface area (Å²) in [4.78, 5) is 0. The maximum atomic E-state index is 3.90. The molecule has 0 heteroatoms. The maximum Gasteiger partial charge on any atom is -0.0326 e. The summed E-state index contributed by atoms with van der Waals surface area (Å²) in [5.74, 6) is 0. The lowest BCUT2D eigenvalue weighted by Gasteiger charge is -2.17. The van der Waals surface area contributed by atoms with Crippen LogP contribution in [-0.4, -0.2) is 0 Å². The van der Waals surface area contributed by atoms with E-state index in [1.54, 1.807) is 0 Å². The third-order valence-corrected chi connectivity index (χ3v) is 2.03. The second-order valence-corrected chi connectivity index (χ2v) is 5.08. The minimum Gasteiger partial charge on any atom is -0.100 e. The van der Waals surface area contributed by atoms with Gasteiger partial charge in [-0.1, -0.05) is 39.2 Å². The Balaban J connectivity index is 3.17. The van der Waals surface area contributed by atoms with Gasteiger partial charge >= 0.3 is 0 Å². The summed E-state index contributed by atoms with van der Waals surface area (Å²) >= 11 is 0. The van der Waals surface area contributed by atoms with Crippen LogP contribution in [0.25, 0.3) is 0 Å². The Kier molecular flexibility index (Phi) is 5.28. The molecule has 0 amide bonds. The first-order valence-corrected chi connectivity index (χ1v) is 5.06. The number of allylic oxidation sites excluding steroid dienone is 1. The number of unbranched alkanes of at least 4 members (excludes halogenated alkanes) is 2. The van der Waals surface area contributed by atoms with Crippen LogP contribution in [0.1, 0.15) is 59.8 Å². The predicted octanol–water partition coefficient (Wildman–Crippen LogP) is 4.56. The molecule has 0 nitrogen and oxygen atoms in total. The molecule has 0 bridgehead atoms. The van der Waals surface area contributed by atoms with Crippen molar-refractivity contribution in [3.8, 4) is 0 Å². The Morgan fingerprint density at radius 3 is 2.08 bits per heavy atom. The Morgan fingerprint density at radius 2 is 1.67 bits per heavy atom. The Morgan fingerprint density at radius 1 is 1.08 bits per heavy atom. The Hall–Kier alpha value is -0.260. The van der Waals surface area contributed by atoms with Crippen molar-refractivity contribution in [3.63, 3.8) is 0 Å². The molecular formula is C12H24. The summed E-state index contributed by atoms with van der Waals surface area (Å²) in [6.45, 7) is 13.0. The summed E-state index contributed by atoms with van der Waals surface area (Å²) in [6.07, 6.45) is 6.62. The van der Waals surface area contributed by atoms with Crippen LogP contribution in [0, 0.1) is 5.41 Å². The van der Waals surface area contributed by atoms with Gasteiger partial charge in [0.25, 0.3) is 0 Å². The van der Waals surface area contributed by atoms with Crippen LogP contribution < -0.4 is 0 Å². The molecule has 0 spiro atoms. The summed E-state index contributed by atoms with van der Waals surface area (Å²) in [5.41, 5.74) is 1.84. The van der Waals surface area contributed by atoms with Crippen LogP contribution in [0.3, 0.4) is 0 Å². The fourth-order valence-corrected chi connectivity index (χ4v) is 1.26. The van der Waals surface area contributed by atoms with Crippen LogP contribution in [0.2, 0.25) is 0 Å². The lowest BCUT2D eigenvalue weighted by molar-refractivity contribution is 0.358. The van der Waals surface area contributed by atoms with Crippen molar-refractivity contribution in [2.24, 2.45) is 5.41 Å². The van der Waals surface area contributed by atoms with Crippen molar-refractivity contribution in [3.05, 3.63) is 12.2 Å². The molecule has 0 aliphatic rings. The number of hydrogen-bond acceptors (Lipinski definition) is 0. The van der Waals surface area contributed by atoms with Gasteiger partial charge in [0, 0.05) is 0 Å². The monoisotopic (exact) mass is 168 g/mol. The molecular weight excluding hydrogens is 144 g/mol. The first-order chi connectivity index (χ1) is 5.42. The molecule has 72 valence electrons. The fourth-order valence-electron chi connectivity index (χ4n) is 1.26. The van der Waals surface area contributed by atoms with E-state index in [0.717, 1.165) is 0 Å². The van der Waals surface area contributed by atoms with E-state index in [0.29, 0.717) is 5.41 Å². The van der Waals surface area contributed by atoms with E-state index in [4.69, 9.17) is 0 Å². The van der Waals surface area contributed by atoms with Crippen LogP contribution >= 0.6 is 0 Å². The molecule has 0 N–H and O–H groups in total. The van der Waals surface area contributed by atoms with Gasteiger partial charge in [-0.2, -0.15) is 0 Å². The van der Waals surface area contributed by atoms with E-state index in [1.807, 2.05) is 0 Å². The third kappa shape index (κ3) is 9.74. The molecule has 0 rings (SSSR count). The highest BCUT2D eigenvalue weighted by atomic mass is 14.1. The smallest absolute Gasteiger partial charge is 0.0326 e. The molecule has 0 aromatic heterocycles. The molecule has 12 heavy (non-hydrogen) atoms. The van der Waals surface area contributed by atoms with Crippen molar-refractivity contribution < 1.29 is 0 Å². The van der Waals surface area contributed by atoms with E-state index in [9.17, 15) is 0 Å². The van der Waals surface area contributed by atoms with Gasteiger partial charge < -0.3 is 0 Å². The highest BCUT2D eigenvalue weighted by Gasteiger charge is 2.08. The highest BCUT2D eigenvalue weighted by Crippen LogP contribution is 2.22. The van der Waals surface area contributed by atoms with E-state index in [1.165, 1.54) is 37.7 Å². The quantitative estimate of drug-likeness (QED) is 0.417. The molecule has 0 aromatic carbocycles. The van der Waals surface area contributed by atoms with E-state index < -0.39 is 0 Å². The van der Waals surface area contributed by atoms with Crippen LogP contribution in [0.5, 0.6) is 0 Å². The first kappa shape index (κ1) is 11.7. The minimum atomic E-state index is 0.517. The SMILES string of the molecule is C=C(C)CCCCCC(C)(C)C. The molecule has 0 unspecified atom stereocenters. The molecule has 0 fully saturated rings. The van der Waals surface area contributed by atoms with Crippen molar-refractivity contribution in [1.29, 1.82) is 0 Å². The van der Waals surface area contributed by atoms with Gasteiger partial charge in [-0.25, -0.2) is 0 Å². The minimum absolute atomic E-state index is 0.517. The standard InChI is InChI=1S/C12H24/c1-11(2)9-7-6-8-10-12(3,4)5/h1,6-10H2,2-5H3. The maximum absolute atomic E-state index is 3.90. The van der Waals surface area contributed by atoms with Gasteiger partial charge in [0.2, 0.25) is 0 Å². The fraction of sp³-hybridized carbons (Fsp3) is 0.833. The van der Waals surface area contributed by atoms with Gasteiger partial charge in [0.05, 0.1) is 0 Å². The third-order valence-electron chi connectivity index (χ3n) is 2.03. The lowest BCUT2D eigenvalue weighted by atomic mass is 9.89. The molecule has 0 heterocycles. The summed E-state index contributed by atoms with van der Waals surface area (Å²) in [6, 6.07) is 0. The molecule has 0 saturated heterocycles. The molecule has 0 aromatic rings. The van der Waals surface area contributed by atoms with Crippen molar-refractivity contribution in [2.45, 2.75) is 59.8 Å². The Bertz CT molecular complexity index is 125. The number of hydrogen-bond donors (Lipinski definition) is 0. The second kappa shape index (κ2) is 5.40. The van der Waals surface area contributed by atoms with Crippen LogP contribution in [0.4, 0.5) is 0 Å². The zero-order valence-electron chi connectivity index (χ0n) is 9.24. The van der Waals surface area contributed by atoms with E-state index >= 15 is 0 Å². The van der Waals surface area contributed by atoms with E-state index in [-0.39, 0.29) is 0 Å². The molecule has 0 aliphatic heterocycles. The first-order valence-electron chi connectivity index (χ1n) is 5.06. The topological polar surface area (TPSA) is 0 Å². The average Bonchev–Trinajstić information content (AvgIpc) is 1.83. The zero-order valence-corrected chi connectivity index (χ0v) is 9.24. The van der Waals surface area contributed by atoms with E-state index in [2.05, 4.69) is 34.3 Å². The van der Waals surface area contributed by atoms with Gasteiger partial charge in [0.15, 0.2) is 0 Å². The zero-order chi connectivity index (χ0) is 9.61. The molecule has 0 saturated carbocycles. The predicted molar refractivity (Wildman–Crippen MR) is 57.4 cm³/mol. The summed E-state index contributed by atoms with van der Waals surface area (Å²) in [7, 11) is 0. The number of rotatable bonds is 5. The molecule has 0 radical (unpaired) electrons. The average molecular weight is 168 g/mol. The second-order valence-electron chi connectivity index (χ2n) is 5.08. The van der Waals surface area contributed by atoms with Crippen molar-refractivity contribution >= 4 is 0 Å². The van der Waals surface area contributed by atoms with Gasteiger partial charge in [0.1, 0.15) is 0 Å². The van der Waals surface area contributed by atoms with Gasteiger partial charge in [-0.05, 0) is 31.6 Å².